The Bertz CT molecular complexity index is 647. The number of hydrogen-bond donors (Lipinski definition) is 1. The molecular weight excluding hydrogens is 336 g/mol. The highest BCUT2D eigenvalue weighted by molar-refractivity contribution is 9.10. The van der Waals surface area contributed by atoms with Crippen LogP contribution in [0.25, 0.3) is 0 Å². The summed E-state index contributed by atoms with van der Waals surface area (Å²) in [6.45, 7) is 2.80. The number of anilines is 1. The van der Waals surface area contributed by atoms with Crippen molar-refractivity contribution >= 4 is 27.3 Å². The standard InChI is InChI=1S/C15H15BrN2O3/c1-2-21-15-9-12(7-8-14(15)18(19)20)17-10-11-5-3-4-6-13(11)16/h3-9,17H,2,10H2,1H3. The summed E-state index contributed by atoms with van der Waals surface area (Å²) in [6, 6.07) is 12.7. The van der Waals surface area contributed by atoms with Crippen molar-refractivity contribution in [2.45, 2.75) is 13.5 Å². The Morgan fingerprint density at radius 1 is 1.29 bits per heavy atom. The van der Waals surface area contributed by atoms with Gasteiger partial charge in [0.05, 0.1) is 11.5 Å². The first-order valence-electron chi connectivity index (χ1n) is 6.50. The van der Waals surface area contributed by atoms with Crippen LogP contribution in [0, 0.1) is 10.1 Å². The number of rotatable bonds is 6. The molecule has 5 nitrogen and oxygen atoms in total. The average Bonchev–Trinajstić information content (AvgIpc) is 2.46. The molecule has 6 heteroatoms. The summed E-state index contributed by atoms with van der Waals surface area (Å²) >= 11 is 3.49. The molecule has 2 aromatic carbocycles. The molecule has 110 valence electrons. The molecule has 2 rings (SSSR count). The van der Waals surface area contributed by atoms with Crippen LogP contribution in [0.5, 0.6) is 5.75 Å². The topological polar surface area (TPSA) is 64.4 Å². The van der Waals surface area contributed by atoms with Crippen LogP contribution >= 0.6 is 15.9 Å². The first-order valence-corrected chi connectivity index (χ1v) is 7.29. The van der Waals surface area contributed by atoms with E-state index in [-0.39, 0.29) is 11.4 Å². The van der Waals surface area contributed by atoms with Crippen LogP contribution in [-0.4, -0.2) is 11.5 Å². The van der Waals surface area contributed by atoms with Crippen molar-refractivity contribution in [1.29, 1.82) is 0 Å². The Labute approximate surface area is 131 Å². The summed E-state index contributed by atoms with van der Waals surface area (Å²) in [5.74, 6) is 0.277. The Hall–Kier alpha value is -2.08. The van der Waals surface area contributed by atoms with Gasteiger partial charge in [-0.3, -0.25) is 10.1 Å². The first kappa shape index (κ1) is 15.3. The number of benzene rings is 2. The van der Waals surface area contributed by atoms with Gasteiger partial charge in [-0.1, -0.05) is 34.1 Å². The maximum atomic E-state index is 10.9. The van der Waals surface area contributed by atoms with Crippen molar-refractivity contribution in [3.8, 4) is 5.75 Å². The van der Waals surface area contributed by atoms with Gasteiger partial charge in [0.15, 0.2) is 5.75 Å². The quantitative estimate of drug-likeness (QED) is 0.620. The molecule has 0 bridgehead atoms. The van der Waals surface area contributed by atoms with Crippen molar-refractivity contribution < 1.29 is 9.66 Å². The summed E-state index contributed by atoms with van der Waals surface area (Å²) in [5.41, 5.74) is 1.86. The minimum atomic E-state index is -0.442. The van der Waals surface area contributed by atoms with E-state index in [2.05, 4.69) is 21.2 Å². The number of nitro benzene ring substituents is 1. The zero-order valence-electron chi connectivity index (χ0n) is 11.5. The van der Waals surface area contributed by atoms with Crippen molar-refractivity contribution in [3.05, 3.63) is 62.6 Å². The molecule has 1 N–H and O–H groups in total. The van der Waals surface area contributed by atoms with E-state index in [0.717, 1.165) is 15.7 Å². The predicted molar refractivity (Wildman–Crippen MR) is 85.7 cm³/mol. The number of nitrogens with one attached hydrogen (secondary N) is 1. The summed E-state index contributed by atoms with van der Waals surface area (Å²) in [4.78, 5) is 10.5. The molecule has 0 amide bonds. The van der Waals surface area contributed by atoms with Crippen molar-refractivity contribution in [2.24, 2.45) is 0 Å². The van der Waals surface area contributed by atoms with Crippen LogP contribution in [0.1, 0.15) is 12.5 Å². The minimum absolute atomic E-state index is 0.0247. The third kappa shape index (κ3) is 3.95. The molecule has 0 aliphatic carbocycles. The van der Waals surface area contributed by atoms with Crippen molar-refractivity contribution in [1.82, 2.24) is 0 Å². The van der Waals surface area contributed by atoms with E-state index in [9.17, 15) is 10.1 Å². The summed E-state index contributed by atoms with van der Waals surface area (Å²) in [5, 5.41) is 14.2. The van der Waals surface area contributed by atoms with Gasteiger partial charge in [-0.2, -0.15) is 0 Å². The predicted octanol–water partition coefficient (Wildman–Crippen LogP) is 4.37. The Balaban J connectivity index is 2.15. The molecule has 0 saturated carbocycles. The molecule has 0 atom stereocenters. The van der Waals surface area contributed by atoms with Crippen LogP contribution in [0.15, 0.2) is 46.9 Å². The fraction of sp³-hybridized carbons (Fsp3) is 0.200. The highest BCUT2D eigenvalue weighted by Gasteiger charge is 2.15. The third-order valence-corrected chi connectivity index (χ3v) is 3.67. The lowest BCUT2D eigenvalue weighted by Gasteiger charge is -2.10. The van der Waals surface area contributed by atoms with Crippen molar-refractivity contribution in [2.75, 3.05) is 11.9 Å². The molecule has 0 radical (unpaired) electrons. The van der Waals surface area contributed by atoms with Gasteiger partial charge in [-0.25, -0.2) is 0 Å². The highest BCUT2D eigenvalue weighted by atomic mass is 79.9. The van der Waals surface area contributed by atoms with E-state index < -0.39 is 4.92 Å². The molecule has 0 saturated heterocycles. The molecule has 2 aromatic rings. The Morgan fingerprint density at radius 2 is 2.05 bits per heavy atom. The summed E-state index contributed by atoms with van der Waals surface area (Å²) < 4.78 is 6.34. The molecule has 0 spiro atoms. The van der Waals surface area contributed by atoms with Crippen LogP contribution in [0.4, 0.5) is 11.4 Å². The summed E-state index contributed by atoms with van der Waals surface area (Å²) in [7, 11) is 0. The van der Waals surface area contributed by atoms with Crippen molar-refractivity contribution in [3.63, 3.8) is 0 Å². The number of nitro groups is 1. The fourth-order valence-electron chi connectivity index (χ4n) is 1.89. The lowest BCUT2D eigenvalue weighted by atomic mass is 10.2. The van der Waals surface area contributed by atoms with Crippen LogP contribution < -0.4 is 10.1 Å². The molecule has 0 aromatic heterocycles. The molecule has 21 heavy (non-hydrogen) atoms. The summed E-state index contributed by atoms with van der Waals surface area (Å²) in [6.07, 6.45) is 0. The van der Waals surface area contributed by atoms with Gasteiger partial charge in [0.2, 0.25) is 0 Å². The fourth-order valence-corrected chi connectivity index (χ4v) is 2.31. The van der Waals surface area contributed by atoms with Crippen LogP contribution in [0.2, 0.25) is 0 Å². The van der Waals surface area contributed by atoms with Gasteiger partial charge in [0.1, 0.15) is 0 Å². The zero-order chi connectivity index (χ0) is 15.2. The number of ether oxygens (including phenoxy) is 1. The second-order valence-electron chi connectivity index (χ2n) is 4.32. The average molecular weight is 351 g/mol. The van der Waals surface area contributed by atoms with Gasteiger partial charge in [-0.15, -0.1) is 0 Å². The van der Waals surface area contributed by atoms with Gasteiger partial charge >= 0.3 is 5.69 Å². The smallest absolute Gasteiger partial charge is 0.311 e. The SMILES string of the molecule is CCOc1cc(NCc2ccccc2Br)ccc1[N+](=O)[O-]. The van der Waals surface area contributed by atoms with E-state index in [0.29, 0.717) is 13.2 Å². The first-order chi connectivity index (χ1) is 10.1. The third-order valence-electron chi connectivity index (χ3n) is 2.90. The van der Waals surface area contributed by atoms with Gasteiger partial charge in [-0.05, 0) is 24.6 Å². The Kier molecular flexibility index (Phi) is 5.16. The maximum absolute atomic E-state index is 10.9. The molecule has 0 fully saturated rings. The number of hydrogen-bond acceptors (Lipinski definition) is 4. The second-order valence-corrected chi connectivity index (χ2v) is 5.17. The van der Waals surface area contributed by atoms with E-state index >= 15 is 0 Å². The van der Waals surface area contributed by atoms with Gasteiger partial charge in [0, 0.05) is 28.8 Å². The van der Waals surface area contributed by atoms with Gasteiger partial charge < -0.3 is 10.1 Å². The van der Waals surface area contributed by atoms with E-state index in [1.54, 1.807) is 19.1 Å². The number of nitrogens with zero attached hydrogens (tertiary/aromatic N) is 1. The van der Waals surface area contributed by atoms with Gasteiger partial charge in [0.25, 0.3) is 0 Å². The van der Waals surface area contributed by atoms with Crippen LogP contribution in [0.3, 0.4) is 0 Å². The van der Waals surface area contributed by atoms with E-state index in [1.807, 2.05) is 24.3 Å². The minimum Gasteiger partial charge on any atom is -0.487 e. The molecular formula is C15H15BrN2O3. The largest absolute Gasteiger partial charge is 0.487 e. The molecule has 0 heterocycles. The molecule has 0 aliphatic rings. The second kappa shape index (κ2) is 7.08. The normalized spacial score (nSPS) is 10.2. The highest BCUT2D eigenvalue weighted by Crippen LogP contribution is 2.30. The van der Waals surface area contributed by atoms with E-state index in [1.165, 1.54) is 6.07 Å². The molecule has 0 aliphatic heterocycles. The van der Waals surface area contributed by atoms with E-state index in [4.69, 9.17) is 4.74 Å². The monoisotopic (exact) mass is 350 g/mol. The zero-order valence-corrected chi connectivity index (χ0v) is 13.1. The van der Waals surface area contributed by atoms with Crippen LogP contribution in [-0.2, 0) is 6.54 Å². The number of halogens is 1. The lowest BCUT2D eigenvalue weighted by molar-refractivity contribution is -0.385. The maximum Gasteiger partial charge on any atom is 0.311 e. The Morgan fingerprint density at radius 3 is 2.71 bits per heavy atom. The lowest BCUT2D eigenvalue weighted by Crippen LogP contribution is -2.02. The molecule has 0 unspecified atom stereocenters.